The van der Waals surface area contributed by atoms with Gasteiger partial charge in [-0.15, -0.1) is 0 Å². The van der Waals surface area contributed by atoms with Gasteiger partial charge in [-0.2, -0.15) is 5.10 Å². The Kier molecular flexibility index (Phi) is 5.40. The topological polar surface area (TPSA) is 92.1 Å². The van der Waals surface area contributed by atoms with Gasteiger partial charge in [0.05, 0.1) is 23.9 Å². The highest BCUT2D eigenvalue weighted by molar-refractivity contribution is 5.96. The molecule has 0 aliphatic heterocycles. The lowest BCUT2D eigenvalue weighted by Gasteiger charge is -2.19. The molecule has 0 saturated heterocycles. The number of halogens is 1. The highest BCUT2D eigenvalue weighted by Gasteiger charge is 2.42. The Morgan fingerprint density at radius 2 is 2.00 bits per heavy atom. The average Bonchev–Trinajstić information content (AvgIpc) is 3.73. The molecule has 1 aromatic carbocycles. The van der Waals surface area contributed by atoms with E-state index in [0.29, 0.717) is 5.82 Å². The third-order valence-corrected chi connectivity index (χ3v) is 6.48. The standard InChI is InChI=1S/C25H28FN5O2/c1-3-31-13-17(12-28-31)20-9-16(11-27-23(20)30-25(14-32)6-7-25)19-10-21(22(26)8-15(19)2)24(33)29-18-4-5-18/h8-13,18,32H,3-7,14H2,1-2H3,(H,27,30)(H,29,33). The van der Waals surface area contributed by atoms with Crippen LogP contribution in [0.25, 0.3) is 22.3 Å². The minimum Gasteiger partial charge on any atom is -0.394 e. The number of aliphatic hydroxyl groups is 1. The van der Waals surface area contributed by atoms with E-state index in [9.17, 15) is 14.3 Å². The third-order valence-electron chi connectivity index (χ3n) is 6.48. The van der Waals surface area contributed by atoms with E-state index >= 15 is 0 Å². The molecule has 2 fully saturated rings. The maximum Gasteiger partial charge on any atom is 0.254 e. The lowest BCUT2D eigenvalue weighted by molar-refractivity contribution is 0.0947. The molecular weight excluding hydrogens is 421 g/mol. The quantitative estimate of drug-likeness (QED) is 0.485. The molecule has 1 amide bonds. The van der Waals surface area contributed by atoms with Crippen LogP contribution >= 0.6 is 0 Å². The van der Waals surface area contributed by atoms with Crippen molar-refractivity contribution >= 4 is 11.7 Å². The van der Waals surface area contributed by atoms with Crippen molar-refractivity contribution in [2.75, 3.05) is 11.9 Å². The first kappa shape index (κ1) is 21.6. The zero-order valence-electron chi connectivity index (χ0n) is 18.9. The van der Waals surface area contributed by atoms with Crippen LogP contribution in [-0.4, -0.2) is 44.0 Å². The van der Waals surface area contributed by atoms with Crippen LogP contribution in [0.3, 0.4) is 0 Å². The predicted octanol–water partition coefficient (Wildman–Crippen LogP) is 3.91. The Bertz CT molecular complexity index is 1210. The number of nitrogens with zero attached hydrogens (tertiary/aromatic N) is 3. The van der Waals surface area contributed by atoms with E-state index in [1.807, 2.05) is 30.8 Å². The number of nitrogens with one attached hydrogen (secondary N) is 2. The lowest BCUT2D eigenvalue weighted by atomic mass is 9.96. The summed E-state index contributed by atoms with van der Waals surface area (Å²) in [5.41, 5.74) is 3.72. The number of aryl methyl sites for hydroxylation is 2. The molecule has 5 rings (SSSR count). The van der Waals surface area contributed by atoms with Gasteiger partial charge in [0.25, 0.3) is 5.91 Å². The van der Waals surface area contributed by atoms with Crippen molar-refractivity contribution in [3.8, 4) is 22.3 Å². The Labute approximate surface area is 192 Å². The molecule has 3 N–H and O–H groups in total. The number of rotatable bonds is 8. The smallest absolute Gasteiger partial charge is 0.254 e. The number of carbonyl (C=O) groups is 1. The average molecular weight is 450 g/mol. The van der Waals surface area contributed by atoms with Crippen molar-refractivity contribution in [2.24, 2.45) is 0 Å². The Balaban J connectivity index is 1.57. The van der Waals surface area contributed by atoms with Gasteiger partial charge in [-0.1, -0.05) is 0 Å². The van der Waals surface area contributed by atoms with E-state index in [4.69, 9.17) is 0 Å². The number of pyridine rings is 1. The number of hydrogen-bond acceptors (Lipinski definition) is 5. The van der Waals surface area contributed by atoms with E-state index in [1.165, 1.54) is 6.07 Å². The predicted molar refractivity (Wildman–Crippen MR) is 124 cm³/mol. The molecule has 2 aliphatic carbocycles. The summed E-state index contributed by atoms with van der Waals surface area (Å²) in [5.74, 6) is -0.235. The summed E-state index contributed by atoms with van der Waals surface area (Å²) in [6, 6.07) is 5.16. The molecule has 0 spiro atoms. The van der Waals surface area contributed by atoms with Gasteiger partial charge in [0.2, 0.25) is 0 Å². The van der Waals surface area contributed by atoms with Gasteiger partial charge in [0, 0.05) is 41.7 Å². The van der Waals surface area contributed by atoms with E-state index in [-0.39, 0.29) is 29.7 Å². The zero-order valence-corrected chi connectivity index (χ0v) is 18.9. The van der Waals surface area contributed by atoms with Crippen LogP contribution in [0.4, 0.5) is 10.2 Å². The van der Waals surface area contributed by atoms with E-state index in [0.717, 1.165) is 60.0 Å². The summed E-state index contributed by atoms with van der Waals surface area (Å²) in [6.07, 6.45) is 9.13. The zero-order chi connectivity index (χ0) is 23.2. The number of aliphatic hydroxyl groups excluding tert-OH is 1. The molecule has 172 valence electrons. The normalized spacial score (nSPS) is 16.5. The monoisotopic (exact) mass is 449 g/mol. The summed E-state index contributed by atoms with van der Waals surface area (Å²) in [4.78, 5) is 17.3. The number of benzene rings is 1. The van der Waals surface area contributed by atoms with Crippen LogP contribution in [0.5, 0.6) is 0 Å². The molecule has 2 heterocycles. The second-order valence-electron chi connectivity index (χ2n) is 9.16. The molecule has 3 aromatic rings. The van der Waals surface area contributed by atoms with Gasteiger partial charge in [-0.3, -0.25) is 9.48 Å². The van der Waals surface area contributed by atoms with Gasteiger partial charge in [-0.25, -0.2) is 9.37 Å². The fourth-order valence-electron chi connectivity index (χ4n) is 3.98. The molecule has 8 heteroatoms. The molecule has 0 bridgehead atoms. The molecule has 2 aliphatic rings. The number of hydrogen-bond donors (Lipinski definition) is 3. The minimum atomic E-state index is -0.524. The first-order valence-corrected chi connectivity index (χ1v) is 11.4. The molecule has 0 radical (unpaired) electrons. The first-order chi connectivity index (χ1) is 15.9. The highest BCUT2D eigenvalue weighted by Crippen LogP contribution is 2.41. The van der Waals surface area contributed by atoms with Crippen molar-refractivity contribution in [3.05, 3.63) is 53.7 Å². The van der Waals surface area contributed by atoms with Crippen LogP contribution in [0.15, 0.2) is 36.8 Å². The van der Waals surface area contributed by atoms with Gasteiger partial charge < -0.3 is 15.7 Å². The molecule has 0 atom stereocenters. The summed E-state index contributed by atoms with van der Waals surface area (Å²) >= 11 is 0. The largest absolute Gasteiger partial charge is 0.394 e. The molecule has 7 nitrogen and oxygen atoms in total. The molecular formula is C25H28FN5O2. The molecule has 0 unspecified atom stereocenters. The maximum atomic E-state index is 14.6. The summed E-state index contributed by atoms with van der Waals surface area (Å²) in [5, 5.41) is 20.5. The van der Waals surface area contributed by atoms with E-state index < -0.39 is 5.82 Å². The van der Waals surface area contributed by atoms with Crippen molar-refractivity contribution in [2.45, 2.75) is 57.7 Å². The summed E-state index contributed by atoms with van der Waals surface area (Å²) < 4.78 is 16.5. The molecule has 2 aromatic heterocycles. The fourth-order valence-corrected chi connectivity index (χ4v) is 3.98. The van der Waals surface area contributed by atoms with Crippen LogP contribution in [0.2, 0.25) is 0 Å². The first-order valence-electron chi connectivity index (χ1n) is 11.4. The van der Waals surface area contributed by atoms with Crippen molar-refractivity contribution < 1.29 is 14.3 Å². The Hall–Kier alpha value is -3.26. The fraction of sp³-hybridized carbons (Fsp3) is 0.400. The minimum absolute atomic E-state index is 0.0423. The second kappa shape index (κ2) is 8.26. The van der Waals surface area contributed by atoms with Gasteiger partial charge in [0.15, 0.2) is 0 Å². The Morgan fingerprint density at radius 3 is 2.64 bits per heavy atom. The lowest BCUT2D eigenvalue weighted by Crippen LogP contribution is -2.26. The molecule has 33 heavy (non-hydrogen) atoms. The third kappa shape index (κ3) is 4.35. The SMILES string of the molecule is CCn1cc(-c2cc(-c3cc(C(=O)NC4CC4)c(F)cc3C)cnc2NC2(CO)CC2)cn1. The van der Waals surface area contributed by atoms with Crippen molar-refractivity contribution in [1.82, 2.24) is 20.1 Å². The number of carbonyl (C=O) groups excluding carboxylic acids is 1. The number of anilines is 1. The van der Waals surface area contributed by atoms with Crippen LogP contribution < -0.4 is 10.6 Å². The Morgan fingerprint density at radius 1 is 1.21 bits per heavy atom. The highest BCUT2D eigenvalue weighted by atomic mass is 19.1. The summed E-state index contributed by atoms with van der Waals surface area (Å²) in [7, 11) is 0. The van der Waals surface area contributed by atoms with E-state index in [1.54, 1.807) is 18.5 Å². The van der Waals surface area contributed by atoms with Gasteiger partial charge in [-0.05, 0) is 68.9 Å². The van der Waals surface area contributed by atoms with Gasteiger partial charge >= 0.3 is 0 Å². The van der Waals surface area contributed by atoms with Crippen molar-refractivity contribution in [3.63, 3.8) is 0 Å². The van der Waals surface area contributed by atoms with Gasteiger partial charge in [0.1, 0.15) is 11.6 Å². The molecule has 2 saturated carbocycles. The van der Waals surface area contributed by atoms with Crippen LogP contribution in [0, 0.1) is 12.7 Å². The van der Waals surface area contributed by atoms with Crippen LogP contribution in [0.1, 0.15) is 48.5 Å². The second-order valence-corrected chi connectivity index (χ2v) is 9.16. The maximum absolute atomic E-state index is 14.6. The van der Waals surface area contributed by atoms with E-state index in [2.05, 4.69) is 20.7 Å². The van der Waals surface area contributed by atoms with Crippen molar-refractivity contribution in [1.29, 1.82) is 0 Å². The summed E-state index contributed by atoms with van der Waals surface area (Å²) in [6.45, 7) is 4.63. The number of aromatic nitrogens is 3. The number of amides is 1. The van der Waals surface area contributed by atoms with Crippen LogP contribution in [-0.2, 0) is 6.54 Å².